The van der Waals surface area contributed by atoms with Crippen LogP contribution in [0.3, 0.4) is 0 Å². The van der Waals surface area contributed by atoms with Gasteiger partial charge in [-0.3, -0.25) is 0 Å². The van der Waals surface area contributed by atoms with E-state index in [-0.39, 0.29) is 12.4 Å². The van der Waals surface area contributed by atoms with Gasteiger partial charge in [-0.15, -0.1) is 0 Å². The van der Waals surface area contributed by atoms with Crippen LogP contribution in [0.2, 0.25) is 0 Å². The Balaban J connectivity index is 1.46. The van der Waals surface area contributed by atoms with Gasteiger partial charge in [0.15, 0.2) is 6.61 Å². The smallest absolute Gasteiger partial charge is 0.226 e. The minimum atomic E-state index is -0.326. The zero-order valence-electron chi connectivity index (χ0n) is 12.4. The van der Waals surface area contributed by atoms with Crippen molar-refractivity contribution < 1.29 is 13.7 Å². The summed E-state index contributed by atoms with van der Waals surface area (Å²) in [6.45, 7) is 2.38. The highest BCUT2D eigenvalue weighted by Gasteiger charge is 2.15. The Morgan fingerprint density at radius 1 is 1.32 bits per heavy atom. The van der Waals surface area contributed by atoms with Crippen LogP contribution >= 0.6 is 0 Å². The molecule has 0 saturated carbocycles. The Morgan fingerprint density at radius 2 is 2.18 bits per heavy atom. The van der Waals surface area contributed by atoms with E-state index in [9.17, 15) is 4.39 Å². The molecule has 0 amide bonds. The zero-order chi connectivity index (χ0) is 15.2. The maximum Gasteiger partial charge on any atom is 0.226 e. The van der Waals surface area contributed by atoms with Crippen LogP contribution in [0.25, 0.3) is 0 Å². The van der Waals surface area contributed by atoms with Crippen LogP contribution in [-0.2, 0) is 13.0 Å². The number of aromatic nitrogens is 2. The van der Waals surface area contributed by atoms with Crippen molar-refractivity contribution in [1.82, 2.24) is 15.5 Å². The third-order valence-corrected chi connectivity index (χ3v) is 3.90. The van der Waals surface area contributed by atoms with Gasteiger partial charge in [0.1, 0.15) is 11.6 Å². The number of aryl methyl sites for hydroxylation is 1. The van der Waals surface area contributed by atoms with Crippen molar-refractivity contribution >= 4 is 0 Å². The summed E-state index contributed by atoms with van der Waals surface area (Å²) in [6.07, 6.45) is 4.30. The molecule has 0 atom stereocenters. The zero-order valence-corrected chi connectivity index (χ0v) is 12.4. The number of hydrogen-bond donors (Lipinski definition) is 1. The molecule has 1 aliphatic heterocycles. The van der Waals surface area contributed by atoms with Crippen molar-refractivity contribution in [3.63, 3.8) is 0 Å². The lowest BCUT2D eigenvalue weighted by Gasteiger charge is -2.21. The summed E-state index contributed by atoms with van der Waals surface area (Å²) >= 11 is 0. The SMILES string of the molecule is Fc1cccc(OCc2noc(CCC3CCNCC3)n2)c1. The fourth-order valence-electron chi connectivity index (χ4n) is 2.65. The van der Waals surface area contributed by atoms with E-state index in [0.717, 1.165) is 31.8 Å². The Labute approximate surface area is 128 Å². The molecule has 0 bridgehead atoms. The summed E-state index contributed by atoms with van der Waals surface area (Å²) < 4.78 is 23.7. The Morgan fingerprint density at radius 3 is 3.00 bits per heavy atom. The van der Waals surface area contributed by atoms with Crippen LogP contribution in [0.1, 0.15) is 31.0 Å². The highest BCUT2D eigenvalue weighted by Crippen LogP contribution is 2.18. The molecule has 1 saturated heterocycles. The van der Waals surface area contributed by atoms with E-state index in [4.69, 9.17) is 9.26 Å². The number of piperidine rings is 1. The first kappa shape index (κ1) is 15.0. The molecule has 0 spiro atoms. The fraction of sp³-hybridized carbons (Fsp3) is 0.500. The van der Waals surface area contributed by atoms with Gasteiger partial charge in [-0.1, -0.05) is 11.2 Å². The van der Waals surface area contributed by atoms with E-state index >= 15 is 0 Å². The van der Waals surface area contributed by atoms with Crippen LogP contribution < -0.4 is 10.1 Å². The van der Waals surface area contributed by atoms with Gasteiger partial charge < -0.3 is 14.6 Å². The fourth-order valence-corrected chi connectivity index (χ4v) is 2.65. The molecule has 3 rings (SSSR count). The first-order chi connectivity index (χ1) is 10.8. The van der Waals surface area contributed by atoms with Crippen LogP contribution in [-0.4, -0.2) is 23.2 Å². The average Bonchev–Trinajstić information content (AvgIpc) is 3.00. The Hall–Kier alpha value is -1.95. The van der Waals surface area contributed by atoms with Gasteiger partial charge in [-0.25, -0.2) is 4.39 Å². The molecule has 1 aromatic carbocycles. The van der Waals surface area contributed by atoms with Crippen LogP contribution in [0.4, 0.5) is 4.39 Å². The van der Waals surface area contributed by atoms with Gasteiger partial charge in [-0.05, 0) is 50.4 Å². The van der Waals surface area contributed by atoms with E-state index in [1.165, 1.54) is 25.0 Å². The summed E-state index contributed by atoms with van der Waals surface area (Å²) in [5, 5.41) is 7.26. The predicted octanol–water partition coefficient (Wildman–Crippen LogP) is 2.72. The molecule has 118 valence electrons. The second-order valence-electron chi connectivity index (χ2n) is 5.58. The molecule has 2 heterocycles. The second kappa shape index (κ2) is 7.35. The van der Waals surface area contributed by atoms with E-state index < -0.39 is 0 Å². The molecule has 6 heteroatoms. The van der Waals surface area contributed by atoms with Gasteiger partial charge in [0.05, 0.1) is 0 Å². The maximum atomic E-state index is 13.0. The molecule has 2 aromatic rings. The van der Waals surface area contributed by atoms with Gasteiger partial charge in [-0.2, -0.15) is 4.98 Å². The number of nitrogens with one attached hydrogen (secondary N) is 1. The molecule has 5 nitrogen and oxygen atoms in total. The molecule has 1 N–H and O–H groups in total. The summed E-state index contributed by atoms with van der Waals surface area (Å²) in [5.74, 6) is 2.01. The number of nitrogens with zero attached hydrogens (tertiary/aromatic N) is 2. The first-order valence-corrected chi connectivity index (χ1v) is 7.70. The second-order valence-corrected chi connectivity index (χ2v) is 5.58. The van der Waals surface area contributed by atoms with Gasteiger partial charge in [0.2, 0.25) is 11.7 Å². The lowest BCUT2D eigenvalue weighted by molar-refractivity contribution is 0.282. The average molecular weight is 305 g/mol. The van der Waals surface area contributed by atoms with Gasteiger partial charge in [0, 0.05) is 12.5 Å². The quantitative estimate of drug-likeness (QED) is 0.889. The predicted molar refractivity (Wildman–Crippen MR) is 78.9 cm³/mol. The minimum absolute atomic E-state index is 0.181. The molecule has 22 heavy (non-hydrogen) atoms. The van der Waals surface area contributed by atoms with Crippen LogP contribution in [0.5, 0.6) is 5.75 Å². The van der Waals surface area contributed by atoms with Gasteiger partial charge in [0.25, 0.3) is 0 Å². The summed E-state index contributed by atoms with van der Waals surface area (Å²) in [7, 11) is 0. The topological polar surface area (TPSA) is 60.2 Å². The number of ether oxygens (including phenoxy) is 1. The largest absolute Gasteiger partial charge is 0.485 e. The number of halogens is 1. The highest BCUT2D eigenvalue weighted by atomic mass is 19.1. The first-order valence-electron chi connectivity index (χ1n) is 7.70. The van der Waals surface area contributed by atoms with Crippen molar-refractivity contribution in [2.75, 3.05) is 13.1 Å². The number of rotatable bonds is 6. The summed E-state index contributed by atoms with van der Waals surface area (Å²) in [6, 6.07) is 6.00. The van der Waals surface area contributed by atoms with Crippen molar-refractivity contribution in [3.05, 3.63) is 41.8 Å². The lowest BCUT2D eigenvalue weighted by atomic mass is 9.93. The normalized spacial score (nSPS) is 15.9. The standard InChI is InChI=1S/C16H20FN3O2/c17-13-2-1-3-14(10-13)21-11-15-19-16(22-20-15)5-4-12-6-8-18-9-7-12/h1-3,10,12,18H,4-9,11H2. The number of hydrogen-bond acceptors (Lipinski definition) is 5. The molecule has 0 unspecified atom stereocenters. The molecule has 0 aliphatic carbocycles. The Bertz CT molecular complexity index is 597. The maximum absolute atomic E-state index is 13.0. The monoisotopic (exact) mass is 305 g/mol. The molecule has 0 radical (unpaired) electrons. The van der Waals surface area contributed by atoms with E-state index in [1.54, 1.807) is 12.1 Å². The molecule has 1 aliphatic rings. The molecular weight excluding hydrogens is 285 g/mol. The third-order valence-electron chi connectivity index (χ3n) is 3.90. The third kappa shape index (κ3) is 4.27. The van der Waals surface area contributed by atoms with Crippen molar-refractivity contribution in [1.29, 1.82) is 0 Å². The van der Waals surface area contributed by atoms with E-state index in [2.05, 4.69) is 15.5 Å². The van der Waals surface area contributed by atoms with Crippen molar-refractivity contribution in [2.45, 2.75) is 32.3 Å². The van der Waals surface area contributed by atoms with E-state index in [0.29, 0.717) is 17.5 Å². The lowest BCUT2D eigenvalue weighted by Crippen LogP contribution is -2.27. The molecule has 1 fully saturated rings. The summed E-state index contributed by atoms with van der Waals surface area (Å²) in [4.78, 5) is 4.32. The number of benzene rings is 1. The van der Waals surface area contributed by atoms with Crippen LogP contribution in [0, 0.1) is 11.7 Å². The Kier molecular flexibility index (Phi) is 5.00. The van der Waals surface area contributed by atoms with E-state index in [1.807, 2.05) is 0 Å². The molecular formula is C16H20FN3O2. The van der Waals surface area contributed by atoms with Crippen molar-refractivity contribution in [3.8, 4) is 5.75 Å². The van der Waals surface area contributed by atoms with Gasteiger partial charge >= 0.3 is 0 Å². The van der Waals surface area contributed by atoms with Crippen LogP contribution in [0.15, 0.2) is 28.8 Å². The summed E-state index contributed by atoms with van der Waals surface area (Å²) in [5.41, 5.74) is 0. The highest BCUT2D eigenvalue weighted by molar-refractivity contribution is 5.22. The van der Waals surface area contributed by atoms with Crippen molar-refractivity contribution in [2.24, 2.45) is 5.92 Å². The molecule has 1 aromatic heterocycles. The minimum Gasteiger partial charge on any atom is -0.485 e.